The van der Waals surface area contributed by atoms with E-state index in [0.29, 0.717) is 6.04 Å². The van der Waals surface area contributed by atoms with Crippen molar-refractivity contribution in [3.05, 3.63) is 0 Å². The highest BCUT2D eigenvalue weighted by atomic mass is 16.4. The molecule has 1 saturated heterocycles. The molecule has 3 N–H and O–H groups in total. The fourth-order valence-corrected chi connectivity index (χ4v) is 1.81. The van der Waals surface area contributed by atoms with Gasteiger partial charge in [-0.2, -0.15) is 0 Å². The number of hydrogen-bond acceptors (Lipinski definition) is 2. The predicted molar refractivity (Wildman–Crippen MR) is 48.0 cm³/mol. The van der Waals surface area contributed by atoms with Gasteiger partial charge in [0.25, 0.3) is 0 Å². The number of oxime groups is 1. The van der Waals surface area contributed by atoms with E-state index in [4.69, 9.17) is 10.9 Å². The molecule has 0 aliphatic carbocycles. The molecule has 0 aromatic heterocycles. The lowest BCUT2D eigenvalue weighted by atomic mass is 9.94. The Kier molecular flexibility index (Phi) is 2.78. The van der Waals surface area contributed by atoms with E-state index in [1.165, 1.54) is 0 Å². The number of nitrogens with two attached hydrogens (primary N) is 1. The van der Waals surface area contributed by atoms with Crippen LogP contribution in [0.4, 0.5) is 0 Å². The first-order valence-corrected chi connectivity index (χ1v) is 4.39. The van der Waals surface area contributed by atoms with Crippen LogP contribution in [0, 0.1) is 5.92 Å². The maximum Gasteiger partial charge on any atom is 0.233 e. The SMILES string of the molecule is CC1CCN(C(N)=NO)C(C)C1. The van der Waals surface area contributed by atoms with Crippen LogP contribution in [-0.4, -0.2) is 28.7 Å². The van der Waals surface area contributed by atoms with Gasteiger partial charge in [-0.15, -0.1) is 0 Å². The van der Waals surface area contributed by atoms with Crippen LogP contribution < -0.4 is 5.73 Å². The zero-order valence-electron chi connectivity index (χ0n) is 7.70. The third-order valence-corrected chi connectivity index (χ3v) is 2.54. The highest BCUT2D eigenvalue weighted by molar-refractivity contribution is 5.77. The zero-order valence-corrected chi connectivity index (χ0v) is 7.70. The van der Waals surface area contributed by atoms with Crippen molar-refractivity contribution in [2.75, 3.05) is 6.54 Å². The van der Waals surface area contributed by atoms with Crippen molar-refractivity contribution < 1.29 is 5.21 Å². The molecule has 0 radical (unpaired) electrons. The Bertz CT molecular complexity index is 181. The summed E-state index contributed by atoms with van der Waals surface area (Å²) in [5.41, 5.74) is 5.51. The molecule has 1 aliphatic heterocycles. The maximum atomic E-state index is 8.49. The zero-order chi connectivity index (χ0) is 9.14. The number of likely N-dealkylation sites (tertiary alicyclic amines) is 1. The third-order valence-electron chi connectivity index (χ3n) is 2.54. The molecule has 2 atom stereocenters. The summed E-state index contributed by atoms with van der Waals surface area (Å²) in [4.78, 5) is 1.94. The molecule has 0 aromatic carbocycles. The molecular formula is C8H17N3O. The van der Waals surface area contributed by atoms with Crippen LogP contribution in [-0.2, 0) is 0 Å². The molecule has 0 bridgehead atoms. The van der Waals surface area contributed by atoms with Gasteiger partial charge in [0.05, 0.1) is 0 Å². The van der Waals surface area contributed by atoms with E-state index in [-0.39, 0.29) is 5.96 Å². The van der Waals surface area contributed by atoms with Gasteiger partial charge in [0.1, 0.15) is 0 Å². The molecule has 4 nitrogen and oxygen atoms in total. The second kappa shape index (κ2) is 3.65. The molecule has 1 heterocycles. The van der Waals surface area contributed by atoms with Gasteiger partial charge in [-0.1, -0.05) is 12.1 Å². The normalized spacial score (nSPS) is 32.2. The van der Waals surface area contributed by atoms with Crippen molar-refractivity contribution in [3.63, 3.8) is 0 Å². The molecule has 0 aromatic rings. The summed E-state index contributed by atoms with van der Waals surface area (Å²) < 4.78 is 0. The fourth-order valence-electron chi connectivity index (χ4n) is 1.81. The molecule has 1 fully saturated rings. The number of guanidine groups is 1. The van der Waals surface area contributed by atoms with Gasteiger partial charge < -0.3 is 15.8 Å². The molecule has 2 unspecified atom stereocenters. The first-order valence-electron chi connectivity index (χ1n) is 4.39. The third kappa shape index (κ3) is 1.81. The minimum Gasteiger partial charge on any atom is -0.408 e. The highest BCUT2D eigenvalue weighted by Gasteiger charge is 2.24. The smallest absolute Gasteiger partial charge is 0.233 e. The Labute approximate surface area is 73.0 Å². The van der Waals surface area contributed by atoms with Crippen LogP contribution in [0.25, 0.3) is 0 Å². The molecule has 4 heteroatoms. The van der Waals surface area contributed by atoms with Crippen molar-refractivity contribution in [2.24, 2.45) is 16.8 Å². The minimum atomic E-state index is 0.245. The first-order chi connectivity index (χ1) is 5.65. The molecule has 0 spiro atoms. The molecule has 70 valence electrons. The van der Waals surface area contributed by atoms with Crippen LogP contribution in [0.15, 0.2) is 5.16 Å². The first kappa shape index (κ1) is 9.16. The average molecular weight is 171 g/mol. The summed E-state index contributed by atoms with van der Waals surface area (Å²) in [7, 11) is 0. The van der Waals surface area contributed by atoms with Gasteiger partial charge >= 0.3 is 0 Å². The predicted octanol–water partition coefficient (Wildman–Crippen LogP) is 0.811. The van der Waals surface area contributed by atoms with E-state index in [1.807, 2.05) is 4.90 Å². The Morgan fingerprint density at radius 3 is 2.75 bits per heavy atom. The van der Waals surface area contributed by atoms with Crippen LogP contribution in [0.3, 0.4) is 0 Å². The van der Waals surface area contributed by atoms with E-state index in [9.17, 15) is 0 Å². The van der Waals surface area contributed by atoms with E-state index in [2.05, 4.69) is 19.0 Å². The maximum absolute atomic E-state index is 8.49. The lowest BCUT2D eigenvalue weighted by Gasteiger charge is -2.36. The summed E-state index contributed by atoms with van der Waals surface area (Å²) in [6.07, 6.45) is 2.25. The van der Waals surface area contributed by atoms with Gasteiger partial charge in [-0.3, -0.25) is 0 Å². The van der Waals surface area contributed by atoms with Crippen LogP contribution >= 0.6 is 0 Å². The molecule has 0 saturated carbocycles. The second-order valence-corrected chi connectivity index (χ2v) is 3.63. The lowest BCUT2D eigenvalue weighted by molar-refractivity contribution is 0.197. The van der Waals surface area contributed by atoms with Crippen LogP contribution in [0.2, 0.25) is 0 Å². The second-order valence-electron chi connectivity index (χ2n) is 3.63. The van der Waals surface area contributed by atoms with Gasteiger partial charge in [0, 0.05) is 12.6 Å². The monoisotopic (exact) mass is 171 g/mol. The summed E-state index contributed by atoms with van der Waals surface area (Å²) >= 11 is 0. The summed E-state index contributed by atoms with van der Waals surface area (Å²) in [5.74, 6) is 0.997. The van der Waals surface area contributed by atoms with Gasteiger partial charge in [-0.25, -0.2) is 0 Å². The van der Waals surface area contributed by atoms with Gasteiger partial charge in [-0.05, 0) is 25.7 Å². The average Bonchev–Trinajstić information content (AvgIpc) is 2.03. The Morgan fingerprint density at radius 2 is 2.25 bits per heavy atom. The van der Waals surface area contributed by atoms with Crippen molar-refractivity contribution in [1.82, 2.24) is 4.90 Å². The van der Waals surface area contributed by atoms with E-state index in [1.54, 1.807) is 0 Å². The summed E-state index contributed by atoms with van der Waals surface area (Å²) in [6, 6.07) is 0.393. The topological polar surface area (TPSA) is 61.8 Å². The summed E-state index contributed by atoms with van der Waals surface area (Å²) in [5, 5.41) is 11.5. The minimum absolute atomic E-state index is 0.245. The fraction of sp³-hybridized carbons (Fsp3) is 0.875. The Morgan fingerprint density at radius 1 is 1.58 bits per heavy atom. The number of piperidine rings is 1. The highest BCUT2D eigenvalue weighted by Crippen LogP contribution is 2.21. The van der Waals surface area contributed by atoms with E-state index >= 15 is 0 Å². The lowest BCUT2D eigenvalue weighted by Crippen LogP contribution is -2.47. The summed E-state index contributed by atoms with van der Waals surface area (Å²) in [6.45, 7) is 5.24. The molecule has 12 heavy (non-hydrogen) atoms. The molecule has 1 rings (SSSR count). The van der Waals surface area contributed by atoms with E-state index in [0.717, 1.165) is 25.3 Å². The number of nitrogens with zero attached hydrogens (tertiary/aromatic N) is 2. The van der Waals surface area contributed by atoms with Crippen molar-refractivity contribution >= 4 is 5.96 Å². The van der Waals surface area contributed by atoms with Gasteiger partial charge in [0.2, 0.25) is 5.96 Å². The van der Waals surface area contributed by atoms with Crippen molar-refractivity contribution in [2.45, 2.75) is 32.7 Å². The number of hydrogen-bond donors (Lipinski definition) is 2. The largest absolute Gasteiger partial charge is 0.408 e. The molecule has 0 amide bonds. The van der Waals surface area contributed by atoms with Crippen molar-refractivity contribution in [1.29, 1.82) is 0 Å². The van der Waals surface area contributed by atoms with Crippen molar-refractivity contribution in [3.8, 4) is 0 Å². The standard InChI is InChI=1S/C8H17N3O/c1-6-3-4-11(7(2)5-6)8(9)10-12/h6-7,12H,3-5H2,1-2H3,(H2,9,10). The molecule has 1 aliphatic rings. The Hall–Kier alpha value is -0.930. The molecular weight excluding hydrogens is 154 g/mol. The van der Waals surface area contributed by atoms with Gasteiger partial charge in [0.15, 0.2) is 0 Å². The van der Waals surface area contributed by atoms with Crippen LogP contribution in [0.5, 0.6) is 0 Å². The van der Waals surface area contributed by atoms with E-state index < -0.39 is 0 Å². The van der Waals surface area contributed by atoms with Crippen LogP contribution in [0.1, 0.15) is 26.7 Å². The number of rotatable bonds is 0. The quantitative estimate of drug-likeness (QED) is 0.245. The Balaban J connectivity index is 2.56.